The van der Waals surface area contributed by atoms with E-state index < -0.39 is 11.1 Å². The molecule has 0 amide bonds. The highest BCUT2D eigenvalue weighted by Gasteiger charge is 2.53. The maximum atomic E-state index is 6.77. The summed E-state index contributed by atoms with van der Waals surface area (Å²) in [5, 5.41) is 0. The molecule has 6 heterocycles. The van der Waals surface area contributed by atoms with E-state index in [4.69, 9.17) is 29.2 Å². The van der Waals surface area contributed by atoms with Crippen LogP contribution in [0.5, 0.6) is 35.3 Å². The zero-order chi connectivity index (χ0) is 77.3. The van der Waals surface area contributed by atoms with Gasteiger partial charge in [-0.2, -0.15) is 15.0 Å². The van der Waals surface area contributed by atoms with Crippen LogP contribution < -0.4 is 28.9 Å². The molecule has 0 saturated heterocycles. The standard InChI is InChI=1S/C38H25N3O.C38H27N3O.C28H23N3O/c1-3-13-26(14-4-1)40(27-15-5-2-6-16-27)28-23-24-33-36(25-28)42-37-39-34-21-11-12-22-35(34)41(37)38(33)31-19-9-7-17-29(31)30-18-8-10-20-32(30)38;1-5-15-28(16-6-1)38(29-17-7-2-8-18-29)33-26-25-32(40(30-19-9-3-10-20-30)31-21-11-4-12-22-31)27-36(33)42-37-39-34-23-13-14-24-35(34)41(37)38;1-28(2)23-18-17-22(30(20-11-5-3-6-12-20)21-13-7-4-8-14-21)19-26(23)32-27-29-24-15-9-10-16-25(24)31(27)28/h1-25H;1-27H;3-19H,1-2H3. The maximum Gasteiger partial charge on any atom is 0.304 e. The van der Waals surface area contributed by atoms with Gasteiger partial charge in [-0.25, -0.2) is 0 Å². The summed E-state index contributed by atoms with van der Waals surface area (Å²) >= 11 is 0. The predicted molar refractivity (Wildman–Crippen MR) is 467 cm³/mol. The molecule has 0 N–H and O–H groups in total. The van der Waals surface area contributed by atoms with Gasteiger partial charge in [0.15, 0.2) is 0 Å². The first-order valence-corrected chi connectivity index (χ1v) is 39.2. The molecule has 0 bridgehead atoms. The molecule has 23 rings (SSSR count). The van der Waals surface area contributed by atoms with Crippen LogP contribution in [0.2, 0.25) is 0 Å². The van der Waals surface area contributed by atoms with E-state index in [1.807, 2.05) is 72.8 Å². The molecule has 116 heavy (non-hydrogen) atoms. The molecule has 1 aliphatic carbocycles. The first kappa shape index (κ1) is 68.7. The summed E-state index contributed by atoms with van der Waals surface area (Å²) in [5.41, 5.74) is 24.4. The van der Waals surface area contributed by atoms with Crippen LogP contribution in [-0.4, -0.2) is 28.7 Å². The number of benzene rings is 16. The molecule has 1 spiro atoms. The highest BCUT2D eigenvalue weighted by Crippen LogP contribution is 2.61. The fourth-order valence-corrected chi connectivity index (χ4v) is 18.0. The normalized spacial score (nSPS) is 13.5. The second kappa shape index (κ2) is 28.2. The van der Waals surface area contributed by atoms with Gasteiger partial charge in [0, 0.05) is 86.1 Å². The number of anilines is 9. The predicted octanol–water partition coefficient (Wildman–Crippen LogP) is 26.3. The van der Waals surface area contributed by atoms with Gasteiger partial charge in [-0.3, -0.25) is 13.7 Å². The molecule has 0 radical (unpaired) electrons. The minimum Gasteiger partial charge on any atom is -0.425 e. The number of imidazole rings is 3. The lowest BCUT2D eigenvalue weighted by molar-refractivity contribution is 0.306. The number of hydrogen-bond donors (Lipinski definition) is 0. The topological polar surface area (TPSA) is 90.9 Å². The van der Waals surface area contributed by atoms with Crippen molar-refractivity contribution in [2.24, 2.45) is 0 Å². The van der Waals surface area contributed by atoms with E-state index in [0.717, 1.165) is 129 Å². The molecular formula is C104H75N9O3. The van der Waals surface area contributed by atoms with Crippen molar-refractivity contribution in [2.45, 2.75) is 30.5 Å². The van der Waals surface area contributed by atoms with Gasteiger partial charge in [0.25, 0.3) is 0 Å². The fraction of sp³-hybridized carbons (Fsp3) is 0.0481. The average Bonchev–Trinajstić information content (AvgIpc) is 1.52. The van der Waals surface area contributed by atoms with Crippen molar-refractivity contribution in [3.8, 4) is 46.4 Å². The van der Waals surface area contributed by atoms with Crippen LogP contribution in [0.25, 0.3) is 44.2 Å². The third kappa shape index (κ3) is 11.2. The van der Waals surface area contributed by atoms with E-state index in [-0.39, 0.29) is 5.54 Å². The summed E-state index contributed by atoms with van der Waals surface area (Å²) in [6.45, 7) is 4.44. The molecule has 16 aromatic carbocycles. The van der Waals surface area contributed by atoms with Gasteiger partial charge in [0.05, 0.1) is 38.6 Å². The Hall–Kier alpha value is -15.3. The highest BCUT2D eigenvalue weighted by atomic mass is 16.5. The quantitative estimate of drug-likeness (QED) is 0.126. The van der Waals surface area contributed by atoms with Gasteiger partial charge >= 0.3 is 18.0 Å². The Labute approximate surface area is 672 Å². The molecule has 554 valence electrons. The summed E-state index contributed by atoms with van der Waals surface area (Å²) in [6, 6.07) is 148. The first-order valence-electron chi connectivity index (χ1n) is 39.2. The van der Waals surface area contributed by atoms with E-state index in [1.165, 1.54) is 22.3 Å². The average molecular weight is 1500 g/mol. The molecule has 3 aliphatic heterocycles. The van der Waals surface area contributed by atoms with Gasteiger partial charge < -0.3 is 28.9 Å². The SMILES string of the molecule is CC1(C)c2ccc(N(c3ccccc3)c3ccccc3)cc2Oc2nc3ccccc3n21.c1ccc(N(c2ccccc2)c2ccc3c(c2)Oc2nc4ccccc4n2C3(c2ccccc2)c2ccccc2)cc1.c1ccc(N(c2ccccc2)c2ccc3c(c2)Oc2nc4ccccc4n2C32c3ccccc3-c3ccccc32)cc1. The van der Waals surface area contributed by atoms with Gasteiger partial charge in [0.2, 0.25) is 0 Å². The number of aromatic nitrogens is 6. The van der Waals surface area contributed by atoms with Gasteiger partial charge in [0.1, 0.15) is 28.3 Å². The third-order valence-electron chi connectivity index (χ3n) is 22.9. The maximum absolute atomic E-state index is 6.77. The molecule has 0 fully saturated rings. The summed E-state index contributed by atoms with van der Waals surface area (Å²) in [6.07, 6.45) is 0. The number of hydrogen-bond acceptors (Lipinski definition) is 9. The number of para-hydroxylation sites is 12. The van der Waals surface area contributed by atoms with Crippen molar-refractivity contribution >= 4 is 84.3 Å². The van der Waals surface area contributed by atoms with E-state index in [0.29, 0.717) is 18.0 Å². The lowest BCUT2D eigenvalue weighted by Crippen LogP contribution is -2.40. The second-order valence-electron chi connectivity index (χ2n) is 29.8. The molecular weight excluding hydrogens is 1420 g/mol. The zero-order valence-electron chi connectivity index (χ0n) is 63.6. The highest BCUT2D eigenvalue weighted by molar-refractivity contribution is 5.91. The molecule has 12 nitrogen and oxygen atoms in total. The van der Waals surface area contributed by atoms with Crippen LogP contribution >= 0.6 is 0 Å². The molecule has 12 heteroatoms. The molecule has 3 aromatic heterocycles. The van der Waals surface area contributed by atoms with Crippen LogP contribution in [-0.2, 0) is 16.6 Å². The summed E-state index contributed by atoms with van der Waals surface area (Å²) in [5.74, 6) is 2.42. The van der Waals surface area contributed by atoms with E-state index >= 15 is 0 Å². The molecule has 4 aliphatic rings. The van der Waals surface area contributed by atoms with Crippen LogP contribution in [0, 0.1) is 0 Å². The summed E-state index contributed by atoms with van der Waals surface area (Å²) in [7, 11) is 0. The molecule has 0 unspecified atom stereocenters. The number of nitrogens with zero attached hydrogens (tertiary/aromatic N) is 9. The zero-order valence-corrected chi connectivity index (χ0v) is 63.6. The second-order valence-corrected chi connectivity index (χ2v) is 29.8. The van der Waals surface area contributed by atoms with Crippen LogP contribution in [0.1, 0.15) is 52.8 Å². The minimum absolute atomic E-state index is 0.290. The Kier molecular flexibility index (Phi) is 16.7. The first-order chi connectivity index (χ1) is 57.3. The van der Waals surface area contributed by atoms with Crippen molar-refractivity contribution in [2.75, 3.05) is 14.7 Å². The Bertz CT molecular complexity index is 6440. The van der Waals surface area contributed by atoms with Crippen LogP contribution in [0.4, 0.5) is 51.2 Å². The largest absolute Gasteiger partial charge is 0.425 e. The third-order valence-corrected chi connectivity index (χ3v) is 22.9. The number of ether oxygens (including phenoxy) is 3. The lowest BCUT2D eigenvalue weighted by Gasteiger charge is -2.42. The van der Waals surface area contributed by atoms with Crippen molar-refractivity contribution in [1.82, 2.24) is 28.7 Å². The van der Waals surface area contributed by atoms with Gasteiger partial charge in [-0.15, -0.1) is 0 Å². The lowest BCUT2D eigenvalue weighted by atomic mass is 9.75. The fourth-order valence-electron chi connectivity index (χ4n) is 18.0. The Morgan fingerprint density at radius 3 is 0.836 bits per heavy atom. The monoisotopic (exact) mass is 1500 g/mol. The van der Waals surface area contributed by atoms with Crippen LogP contribution in [0.15, 0.2) is 419 Å². The van der Waals surface area contributed by atoms with Gasteiger partial charge in [-0.1, -0.05) is 273 Å². The minimum atomic E-state index is -0.704. The molecule has 0 saturated carbocycles. The Morgan fingerprint density at radius 2 is 0.483 bits per heavy atom. The number of fused-ring (bicyclic) bond motifs is 19. The van der Waals surface area contributed by atoms with Crippen molar-refractivity contribution in [1.29, 1.82) is 0 Å². The Morgan fingerprint density at radius 1 is 0.224 bits per heavy atom. The van der Waals surface area contributed by atoms with E-state index in [2.05, 4.69) is 388 Å². The van der Waals surface area contributed by atoms with Crippen molar-refractivity contribution in [3.63, 3.8) is 0 Å². The van der Waals surface area contributed by atoms with Crippen LogP contribution in [0.3, 0.4) is 0 Å². The number of rotatable bonds is 11. The Balaban J connectivity index is 0.000000110. The summed E-state index contributed by atoms with van der Waals surface area (Å²) < 4.78 is 26.7. The van der Waals surface area contributed by atoms with E-state index in [1.54, 1.807) is 0 Å². The van der Waals surface area contributed by atoms with E-state index in [9.17, 15) is 0 Å². The summed E-state index contributed by atoms with van der Waals surface area (Å²) in [4.78, 5) is 21.6. The molecule has 0 atom stereocenters. The van der Waals surface area contributed by atoms with Crippen molar-refractivity contribution in [3.05, 3.63) is 458 Å². The van der Waals surface area contributed by atoms with Gasteiger partial charge in [-0.05, 0) is 175 Å². The molecule has 19 aromatic rings. The van der Waals surface area contributed by atoms with Crippen molar-refractivity contribution < 1.29 is 14.2 Å². The smallest absolute Gasteiger partial charge is 0.304 e.